The summed E-state index contributed by atoms with van der Waals surface area (Å²) < 4.78 is 6.31. The quantitative estimate of drug-likeness (QED) is 0.657. The van der Waals surface area contributed by atoms with Crippen molar-refractivity contribution in [2.24, 2.45) is 0 Å². The van der Waals surface area contributed by atoms with Gasteiger partial charge in [0, 0.05) is 23.8 Å². The molecule has 6 heteroatoms. The van der Waals surface area contributed by atoms with Gasteiger partial charge in [0.05, 0.1) is 9.99 Å². The van der Waals surface area contributed by atoms with Gasteiger partial charge in [-0.3, -0.25) is 4.98 Å². The molecule has 0 atom stereocenters. The molecular formula is C13H7BrClN3O. The van der Waals surface area contributed by atoms with Crippen LogP contribution >= 0.6 is 27.5 Å². The molecule has 0 amide bonds. The second-order valence-electron chi connectivity index (χ2n) is 3.75. The van der Waals surface area contributed by atoms with Crippen LogP contribution in [0.25, 0.3) is 10.9 Å². The normalized spacial score (nSPS) is 10.6. The summed E-state index contributed by atoms with van der Waals surface area (Å²) in [6.07, 6.45) is 3.29. The third kappa shape index (κ3) is 2.67. The highest BCUT2D eigenvalue weighted by atomic mass is 79.9. The molecule has 2 aromatic heterocycles. The SMILES string of the molecule is Clc1ncc(Br)c(Oc2ccc3cccnc3c2)n1. The van der Waals surface area contributed by atoms with Crippen molar-refractivity contribution in [2.45, 2.75) is 0 Å². The highest BCUT2D eigenvalue weighted by molar-refractivity contribution is 9.10. The van der Waals surface area contributed by atoms with Gasteiger partial charge in [-0.2, -0.15) is 4.98 Å². The van der Waals surface area contributed by atoms with E-state index >= 15 is 0 Å². The van der Waals surface area contributed by atoms with Crippen molar-refractivity contribution in [2.75, 3.05) is 0 Å². The summed E-state index contributed by atoms with van der Waals surface area (Å²) in [7, 11) is 0. The number of nitrogens with zero attached hydrogens (tertiary/aromatic N) is 3. The summed E-state index contributed by atoms with van der Waals surface area (Å²) in [6, 6.07) is 9.52. The van der Waals surface area contributed by atoms with Gasteiger partial charge in [-0.15, -0.1) is 0 Å². The lowest BCUT2D eigenvalue weighted by atomic mass is 10.2. The van der Waals surface area contributed by atoms with Gasteiger partial charge in [0.15, 0.2) is 0 Å². The van der Waals surface area contributed by atoms with Crippen LogP contribution in [-0.2, 0) is 0 Å². The van der Waals surface area contributed by atoms with Gasteiger partial charge in [-0.05, 0) is 45.7 Å². The van der Waals surface area contributed by atoms with Crippen molar-refractivity contribution in [1.82, 2.24) is 15.0 Å². The van der Waals surface area contributed by atoms with Gasteiger partial charge in [-0.25, -0.2) is 4.98 Å². The molecule has 0 radical (unpaired) electrons. The third-order valence-electron chi connectivity index (χ3n) is 2.47. The van der Waals surface area contributed by atoms with Crippen LogP contribution in [0, 0.1) is 0 Å². The second-order valence-corrected chi connectivity index (χ2v) is 4.94. The minimum Gasteiger partial charge on any atom is -0.438 e. The maximum absolute atomic E-state index is 5.74. The Balaban J connectivity index is 1.98. The van der Waals surface area contributed by atoms with Crippen molar-refractivity contribution in [1.29, 1.82) is 0 Å². The van der Waals surface area contributed by atoms with Gasteiger partial charge in [0.25, 0.3) is 0 Å². The highest BCUT2D eigenvalue weighted by Gasteiger charge is 2.07. The summed E-state index contributed by atoms with van der Waals surface area (Å²) in [4.78, 5) is 12.1. The van der Waals surface area contributed by atoms with Crippen LogP contribution in [0.15, 0.2) is 47.2 Å². The standard InChI is InChI=1S/C13H7BrClN3O/c14-10-7-17-13(15)18-12(10)19-9-4-3-8-2-1-5-16-11(8)6-9/h1-7H. The topological polar surface area (TPSA) is 47.9 Å². The Morgan fingerprint density at radius 1 is 1.16 bits per heavy atom. The molecule has 0 unspecified atom stereocenters. The number of hydrogen-bond acceptors (Lipinski definition) is 4. The fraction of sp³-hybridized carbons (Fsp3) is 0. The van der Waals surface area contributed by atoms with E-state index in [0.29, 0.717) is 16.1 Å². The molecule has 94 valence electrons. The molecule has 0 fully saturated rings. The van der Waals surface area contributed by atoms with E-state index in [4.69, 9.17) is 16.3 Å². The first-order valence-corrected chi connectivity index (χ1v) is 6.60. The molecule has 0 bridgehead atoms. The number of benzene rings is 1. The Kier molecular flexibility index (Phi) is 3.31. The third-order valence-corrected chi connectivity index (χ3v) is 3.20. The lowest BCUT2D eigenvalue weighted by molar-refractivity contribution is 0.459. The Hall–Kier alpha value is -1.72. The van der Waals surface area contributed by atoms with Crippen molar-refractivity contribution in [3.8, 4) is 11.6 Å². The molecule has 4 nitrogen and oxygen atoms in total. The van der Waals surface area contributed by atoms with Gasteiger partial charge in [0.1, 0.15) is 5.75 Å². The fourth-order valence-corrected chi connectivity index (χ4v) is 2.02. The van der Waals surface area contributed by atoms with Gasteiger partial charge in [0.2, 0.25) is 11.2 Å². The van der Waals surface area contributed by atoms with Gasteiger partial charge in [-0.1, -0.05) is 6.07 Å². The van der Waals surface area contributed by atoms with Crippen LogP contribution in [0.1, 0.15) is 0 Å². The number of aromatic nitrogens is 3. The summed E-state index contributed by atoms with van der Waals surface area (Å²) in [5.74, 6) is 1.01. The van der Waals surface area contributed by atoms with Gasteiger partial charge >= 0.3 is 0 Å². The number of rotatable bonds is 2. The summed E-state index contributed by atoms with van der Waals surface area (Å²) in [5, 5.41) is 1.19. The van der Waals surface area contributed by atoms with E-state index < -0.39 is 0 Å². The first kappa shape index (κ1) is 12.3. The molecule has 0 N–H and O–H groups in total. The molecule has 0 aliphatic heterocycles. The largest absolute Gasteiger partial charge is 0.438 e. The Labute approximate surface area is 122 Å². The van der Waals surface area contributed by atoms with Crippen molar-refractivity contribution in [3.63, 3.8) is 0 Å². The van der Waals surface area contributed by atoms with Crippen LogP contribution < -0.4 is 4.74 Å². The minimum atomic E-state index is 0.136. The van der Waals surface area contributed by atoms with Gasteiger partial charge < -0.3 is 4.74 Å². The molecule has 3 aromatic rings. The zero-order chi connectivity index (χ0) is 13.2. The molecule has 0 aliphatic rings. The van der Waals surface area contributed by atoms with E-state index in [1.807, 2.05) is 30.3 Å². The minimum absolute atomic E-state index is 0.136. The van der Waals surface area contributed by atoms with Crippen LogP contribution in [0.3, 0.4) is 0 Å². The number of hydrogen-bond donors (Lipinski definition) is 0. The molecule has 1 aromatic carbocycles. The summed E-state index contributed by atoms with van der Waals surface area (Å²) in [5.41, 5.74) is 0.858. The van der Waals surface area contributed by atoms with E-state index in [1.165, 1.54) is 0 Å². The van der Waals surface area contributed by atoms with E-state index in [9.17, 15) is 0 Å². The van der Waals surface area contributed by atoms with Crippen LogP contribution in [0.5, 0.6) is 11.6 Å². The van der Waals surface area contributed by atoms with Crippen LogP contribution in [-0.4, -0.2) is 15.0 Å². The Morgan fingerprint density at radius 2 is 2.05 bits per heavy atom. The molecule has 2 heterocycles. The maximum atomic E-state index is 5.74. The number of ether oxygens (including phenoxy) is 1. The lowest BCUT2D eigenvalue weighted by Crippen LogP contribution is -1.92. The Morgan fingerprint density at radius 3 is 2.95 bits per heavy atom. The number of halogens is 2. The first-order valence-electron chi connectivity index (χ1n) is 5.43. The fourth-order valence-electron chi connectivity index (χ4n) is 1.62. The average molecular weight is 337 g/mol. The van der Waals surface area contributed by atoms with E-state index in [0.717, 1.165) is 10.9 Å². The average Bonchev–Trinajstić information content (AvgIpc) is 2.43. The smallest absolute Gasteiger partial charge is 0.237 e. The van der Waals surface area contributed by atoms with E-state index in [1.54, 1.807) is 12.4 Å². The molecule has 0 saturated heterocycles. The monoisotopic (exact) mass is 335 g/mol. The van der Waals surface area contributed by atoms with Crippen molar-refractivity contribution >= 4 is 38.4 Å². The van der Waals surface area contributed by atoms with Crippen molar-refractivity contribution in [3.05, 3.63) is 52.5 Å². The van der Waals surface area contributed by atoms with E-state index in [-0.39, 0.29) is 5.28 Å². The van der Waals surface area contributed by atoms with Crippen LogP contribution in [0.4, 0.5) is 0 Å². The van der Waals surface area contributed by atoms with E-state index in [2.05, 4.69) is 30.9 Å². The summed E-state index contributed by atoms with van der Waals surface area (Å²) >= 11 is 9.06. The molecule has 0 aliphatic carbocycles. The zero-order valence-corrected chi connectivity index (χ0v) is 11.9. The molecular weight excluding hydrogens is 330 g/mol. The zero-order valence-electron chi connectivity index (χ0n) is 9.55. The Bertz CT molecular complexity index is 751. The molecule has 19 heavy (non-hydrogen) atoms. The maximum Gasteiger partial charge on any atom is 0.237 e. The molecule has 3 rings (SSSR count). The molecule has 0 spiro atoms. The predicted molar refractivity (Wildman–Crippen MR) is 76.6 cm³/mol. The predicted octanol–water partition coefficient (Wildman–Crippen LogP) is 4.23. The van der Waals surface area contributed by atoms with Crippen LogP contribution in [0.2, 0.25) is 5.28 Å². The highest BCUT2D eigenvalue weighted by Crippen LogP contribution is 2.29. The van der Waals surface area contributed by atoms with Crippen molar-refractivity contribution < 1.29 is 4.74 Å². The summed E-state index contributed by atoms with van der Waals surface area (Å²) in [6.45, 7) is 0. The second kappa shape index (κ2) is 5.11. The lowest BCUT2D eigenvalue weighted by Gasteiger charge is -2.07. The molecule has 0 saturated carbocycles. The number of pyridine rings is 1. The first-order chi connectivity index (χ1) is 9.22. The number of fused-ring (bicyclic) bond motifs is 1.